The molecule has 1 aliphatic rings. The molecular formula is C9H8N2. The van der Waals surface area contributed by atoms with E-state index in [4.69, 9.17) is 0 Å². The summed E-state index contributed by atoms with van der Waals surface area (Å²) in [6, 6.07) is 0. The molecule has 0 aromatic carbocycles. The molecule has 1 aromatic rings. The van der Waals surface area contributed by atoms with Crippen LogP contribution in [0.2, 0.25) is 0 Å². The van der Waals surface area contributed by atoms with Crippen molar-refractivity contribution in [2.24, 2.45) is 0 Å². The number of aromatic amines is 1. The first-order chi connectivity index (χ1) is 5.45. The fourth-order valence-electron chi connectivity index (χ4n) is 0.999. The van der Waals surface area contributed by atoms with E-state index < -0.39 is 0 Å². The molecular weight excluding hydrogens is 136 g/mol. The Kier molecular flexibility index (Phi) is 1.44. The van der Waals surface area contributed by atoms with E-state index in [1.54, 1.807) is 6.20 Å². The van der Waals surface area contributed by atoms with Gasteiger partial charge < -0.3 is 4.98 Å². The monoisotopic (exact) mass is 144 g/mol. The van der Waals surface area contributed by atoms with E-state index in [2.05, 4.69) is 9.97 Å². The van der Waals surface area contributed by atoms with Gasteiger partial charge in [0.15, 0.2) is 0 Å². The molecule has 1 aromatic heterocycles. The minimum atomic E-state index is 0.899. The zero-order valence-corrected chi connectivity index (χ0v) is 5.99. The van der Waals surface area contributed by atoms with Crippen molar-refractivity contribution in [2.75, 3.05) is 0 Å². The van der Waals surface area contributed by atoms with Crippen LogP contribution in [0.3, 0.4) is 0 Å². The Labute approximate surface area is 65.0 Å². The number of aromatic nitrogens is 2. The minimum Gasteiger partial charge on any atom is -0.345 e. The van der Waals surface area contributed by atoms with Gasteiger partial charge in [-0.25, -0.2) is 4.98 Å². The normalized spacial score (nSPS) is 14.4. The minimum absolute atomic E-state index is 0.899. The Hall–Kier alpha value is -1.57. The predicted molar refractivity (Wildman–Crippen MR) is 44.8 cm³/mol. The molecule has 1 aliphatic carbocycles. The van der Waals surface area contributed by atoms with Crippen LogP contribution in [-0.4, -0.2) is 9.97 Å². The van der Waals surface area contributed by atoms with E-state index in [9.17, 15) is 0 Å². The summed E-state index contributed by atoms with van der Waals surface area (Å²) in [6.07, 6.45) is 13.7. The van der Waals surface area contributed by atoms with Crippen LogP contribution >= 0.6 is 0 Å². The molecule has 0 saturated carbocycles. The zero-order chi connectivity index (χ0) is 7.52. The van der Waals surface area contributed by atoms with E-state index >= 15 is 0 Å². The van der Waals surface area contributed by atoms with Crippen LogP contribution in [0.25, 0.3) is 6.08 Å². The second-order valence-electron chi connectivity index (χ2n) is 2.34. The Morgan fingerprint density at radius 3 is 2.73 bits per heavy atom. The molecule has 1 N–H and O–H groups in total. The molecule has 0 radical (unpaired) electrons. The number of rotatable bonds is 1. The van der Waals surface area contributed by atoms with Crippen LogP contribution in [0.15, 0.2) is 42.3 Å². The van der Waals surface area contributed by atoms with E-state index in [0.717, 1.165) is 5.82 Å². The maximum absolute atomic E-state index is 4.08. The highest BCUT2D eigenvalue weighted by molar-refractivity contribution is 5.57. The summed E-state index contributed by atoms with van der Waals surface area (Å²) in [4.78, 5) is 7.09. The SMILES string of the molecule is C1=CC(=Cc2ncc[nH]2)C=C1. The van der Waals surface area contributed by atoms with Crippen LogP contribution in [-0.2, 0) is 0 Å². The fourth-order valence-corrected chi connectivity index (χ4v) is 0.999. The molecule has 0 saturated heterocycles. The molecule has 0 bridgehead atoms. The van der Waals surface area contributed by atoms with Gasteiger partial charge >= 0.3 is 0 Å². The van der Waals surface area contributed by atoms with Crippen molar-refractivity contribution >= 4 is 6.08 Å². The summed E-state index contributed by atoms with van der Waals surface area (Å²) >= 11 is 0. The van der Waals surface area contributed by atoms with Gasteiger partial charge in [-0.2, -0.15) is 0 Å². The second-order valence-corrected chi connectivity index (χ2v) is 2.34. The van der Waals surface area contributed by atoms with Crippen molar-refractivity contribution in [3.8, 4) is 0 Å². The lowest BCUT2D eigenvalue weighted by molar-refractivity contribution is 1.26. The molecule has 11 heavy (non-hydrogen) atoms. The van der Waals surface area contributed by atoms with Crippen molar-refractivity contribution in [3.05, 3.63) is 48.1 Å². The lowest BCUT2D eigenvalue weighted by Gasteiger charge is -1.86. The predicted octanol–water partition coefficient (Wildman–Crippen LogP) is 1.92. The molecule has 2 nitrogen and oxygen atoms in total. The number of nitrogens with one attached hydrogen (secondary N) is 1. The zero-order valence-electron chi connectivity index (χ0n) is 5.99. The number of allylic oxidation sites excluding steroid dienone is 5. The van der Waals surface area contributed by atoms with Crippen LogP contribution < -0.4 is 0 Å². The van der Waals surface area contributed by atoms with Crippen LogP contribution in [0.4, 0.5) is 0 Å². The molecule has 0 amide bonds. The standard InChI is InChI=1S/C9H8N2/c1-2-4-8(3-1)7-9-10-5-6-11-9/h1-7H,(H,10,11). The van der Waals surface area contributed by atoms with Gasteiger partial charge in [0.25, 0.3) is 0 Å². The summed E-state index contributed by atoms with van der Waals surface area (Å²) in [7, 11) is 0. The van der Waals surface area contributed by atoms with Crippen LogP contribution in [0.1, 0.15) is 5.82 Å². The lowest BCUT2D eigenvalue weighted by atomic mass is 10.3. The number of nitrogens with zero attached hydrogens (tertiary/aromatic N) is 1. The highest BCUT2D eigenvalue weighted by atomic mass is 14.9. The van der Waals surface area contributed by atoms with Gasteiger partial charge in [-0.3, -0.25) is 0 Å². The molecule has 0 unspecified atom stereocenters. The number of imidazole rings is 1. The lowest BCUT2D eigenvalue weighted by Crippen LogP contribution is -1.74. The van der Waals surface area contributed by atoms with Gasteiger partial charge in [0, 0.05) is 12.4 Å². The Morgan fingerprint density at radius 1 is 1.27 bits per heavy atom. The fraction of sp³-hybridized carbons (Fsp3) is 0. The Balaban J connectivity index is 2.28. The quantitative estimate of drug-likeness (QED) is 0.640. The highest BCUT2D eigenvalue weighted by Gasteiger charge is 1.92. The molecule has 2 heteroatoms. The van der Waals surface area contributed by atoms with Crippen LogP contribution in [0.5, 0.6) is 0 Å². The first kappa shape index (κ1) is 6.16. The van der Waals surface area contributed by atoms with E-state index in [1.807, 2.05) is 36.6 Å². The maximum atomic E-state index is 4.08. The average Bonchev–Trinajstić information content (AvgIpc) is 2.60. The topological polar surface area (TPSA) is 28.7 Å². The third-order valence-corrected chi connectivity index (χ3v) is 1.51. The van der Waals surface area contributed by atoms with Gasteiger partial charge in [-0.15, -0.1) is 0 Å². The van der Waals surface area contributed by atoms with E-state index in [1.165, 1.54) is 5.57 Å². The summed E-state index contributed by atoms with van der Waals surface area (Å²) in [6.45, 7) is 0. The van der Waals surface area contributed by atoms with Gasteiger partial charge in [0.2, 0.25) is 0 Å². The highest BCUT2D eigenvalue weighted by Crippen LogP contribution is 2.09. The number of hydrogen-bond donors (Lipinski definition) is 1. The molecule has 0 aliphatic heterocycles. The third-order valence-electron chi connectivity index (χ3n) is 1.51. The Morgan fingerprint density at radius 2 is 2.09 bits per heavy atom. The van der Waals surface area contributed by atoms with Gasteiger partial charge in [-0.1, -0.05) is 24.3 Å². The number of hydrogen-bond acceptors (Lipinski definition) is 1. The first-order valence-corrected chi connectivity index (χ1v) is 3.51. The van der Waals surface area contributed by atoms with Crippen molar-refractivity contribution in [3.63, 3.8) is 0 Å². The smallest absolute Gasteiger partial charge is 0.130 e. The van der Waals surface area contributed by atoms with Crippen molar-refractivity contribution < 1.29 is 0 Å². The van der Waals surface area contributed by atoms with Gasteiger partial charge in [0.1, 0.15) is 5.82 Å². The summed E-state index contributed by atoms with van der Waals surface area (Å²) in [5.41, 5.74) is 1.18. The van der Waals surface area contributed by atoms with Gasteiger partial charge in [-0.05, 0) is 11.6 Å². The van der Waals surface area contributed by atoms with E-state index in [-0.39, 0.29) is 0 Å². The first-order valence-electron chi connectivity index (χ1n) is 3.51. The second kappa shape index (κ2) is 2.58. The number of H-pyrrole nitrogens is 1. The molecule has 54 valence electrons. The summed E-state index contributed by atoms with van der Waals surface area (Å²) < 4.78 is 0. The van der Waals surface area contributed by atoms with Crippen molar-refractivity contribution in [1.82, 2.24) is 9.97 Å². The average molecular weight is 144 g/mol. The molecule has 1 heterocycles. The molecule has 0 spiro atoms. The van der Waals surface area contributed by atoms with Crippen LogP contribution in [0, 0.1) is 0 Å². The molecule has 2 rings (SSSR count). The summed E-state index contributed by atoms with van der Waals surface area (Å²) in [5, 5.41) is 0. The van der Waals surface area contributed by atoms with Crippen molar-refractivity contribution in [2.45, 2.75) is 0 Å². The Bertz CT molecular complexity index is 301. The largest absolute Gasteiger partial charge is 0.345 e. The van der Waals surface area contributed by atoms with Crippen molar-refractivity contribution in [1.29, 1.82) is 0 Å². The third kappa shape index (κ3) is 1.29. The van der Waals surface area contributed by atoms with Gasteiger partial charge in [0.05, 0.1) is 0 Å². The molecule has 0 atom stereocenters. The maximum Gasteiger partial charge on any atom is 0.130 e. The van der Waals surface area contributed by atoms with E-state index in [0.29, 0.717) is 0 Å². The summed E-state index contributed by atoms with van der Waals surface area (Å²) in [5.74, 6) is 0.899. The molecule has 0 fully saturated rings.